The smallest absolute Gasteiger partial charge is 0.220 e. The topological polar surface area (TPSA) is 62.0 Å². The number of hydrogen-bond donors (Lipinski definition) is 2. The number of ketones is 1. The van der Waals surface area contributed by atoms with Gasteiger partial charge in [-0.1, -0.05) is 6.07 Å². The quantitative estimate of drug-likeness (QED) is 0.834. The summed E-state index contributed by atoms with van der Waals surface area (Å²) < 4.78 is 0. The molecule has 0 aliphatic carbocycles. The van der Waals surface area contributed by atoms with Crippen molar-refractivity contribution in [3.05, 3.63) is 36.0 Å². The first-order chi connectivity index (χ1) is 9.15. The highest BCUT2D eigenvalue weighted by Crippen LogP contribution is 2.14. The van der Waals surface area contributed by atoms with E-state index in [2.05, 4.69) is 22.4 Å². The second-order valence-corrected chi connectivity index (χ2v) is 4.70. The molecule has 0 aliphatic rings. The Morgan fingerprint density at radius 3 is 2.84 bits per heavy atom. The number of benzene rings is 1. The van der Waals surface area contributed by atoms with E-state index in [1.165, 1.54) is 17.9 Å². The summed E-state index contributed by atoms with van der Waals surface area (Å²) in [6.45, 7) is 2.10. The molecule has 2 aromatic rings. The number of aromatic amines is 1. The molecule has 0 fully saturated rings. The molecule has 1 heterocycles. The summed E-state index contributed by atoms with van der Waals surface area (Å²) in [5, 5.41) is 4.01. The molecule has 1 aromatic heterocycles. The average molecular weight is 258 g/mol. The lowest BCUT2D eigenvalue weighted by atomic mass is 10.1. The molecule has 0 aliphatic heterocycles. The lowest BCUT2D eigenvalue weighted by Crippen LogP contribution is -2.25. The van der Waals surface area contributed by atoms with Crippen LogP contribution < -0.4 is 5.32 Å². The predicted molar refractivity (Wildman–Crippen MR) is 74.9 cm³/mol. The van der Waals surface area contributed by atoms with E-state index in [-0.39, 0.29) is 18.1 Å². The molecular weight excluding hydrogens is 240 g/mol. The van der Waals surface area contributed by atoms with Gasteiger partial charge in [0.15, 0.2) is 0 Å². The molecule has 4 nitrogen and oxygen atoms in total. The van der Waals surface area contributed by atoms with Gasteiger partial charge < -0.3 is 15.1 Å². The van der Waals surface area contributed by atoms with E-state index in [0.29, 0.717) is 13.0 Å². The molecule has 0 unspecified atom stereocenters. The van der Waals surface area contributed by atoms with Crippen LogP contribution in [-0.2, 0) is 16.0 Å². The minimum atomic E-state index is -0.0575. The fourth-order valence-corrected chi connectivity index (χ4v) is 1.98. The van der Waals surface area contributed by atoms with E-state index in [4.69, 9.17) is 0 Å². The first-order valence-corrected chi connectivity index (χ1v) is 6.47. The molecule has 0 saturated carbocycles. The normalized spacial score (nSPS) is 10.6. The van der Waals surface area contributed by atoms with Gasteiger partial charge in [0.2, 0.25) is 5.91 Å². The van der Waals surface area contributed by atoms with Gasteiger partial charge in [-0.15, -0.1) is 0 Å². The van der Waals surface area contributed by atoms with E-state index in [9.17, 15) is 9.59 Å². The zero-order valence-corrected chi connectivity index (χ0v) is 11.0. The molecule has 0 atom stereocenters. The maximum Gasteiger partial charge on any atom is 0.220 e. The molecular formula is C15H18N2O2. The zero-order chi connectivity index (χ0) is 13.7. The first kappa shape index (κ1) is 13.3. The van der Waals surface area contributed by atoms with Crippen LogP contribution in [0.25, 0.3) is 10.9 Å². The highest BCUT2D eigenvalue weighted by atomic mass is 16.2. The summed E-state index contributed by atoms with van der Waals surface area (Å²) in [6, 6.07) is 8.25. The van der Waals surface area contributed by atoms with Gasteiger partial charge >= 0.3 is 0 Å². The minimum Gasteiger partial charge on any atom is -0.361 e. The van der Waals surface area contributed by atoms with Crippen molar-refractivity contribution in [2.24, 2.45) is 0 Å². The monoisotopic (exact) mass is 258 g/mol. The summed E-state index contributed by atoms with van der Waals surface area (Å²) in [4.78, 5) is 25.3. The van der Waals surface area contributed by atoms with Crippen LogP contribution in [0.5, 0.6) is 0 Å². The van der Waals surface area contributed by atoms with Gasteiger partial charge in [0.1, 0.15) is 5.78 Å². The maximum absolute atomic E-state index is 11.4. The number of Topliss-reactive ketones (excluding diaryl/α,β-unsaturated/α-hetero) is 1. The Balaban J connectivity index is 1.78. The Morgan fingerprint density at radius 2 is 2.05 bits per heavy atom. The lowest BCUT2D eigenvalue weighted by Gasteiger charge is -2.05. The third kappa shape index (κ3) is 3.95. The number of hydrogen-bond acceptors (Lipinski definition) is 2. The number of carbonyl (C=O) groups is 2. The maximum atomic E-state index is 11.4. The predicted octanol–water partition coefficient (Wildman–Crippen LogP) is 2.20. The van der Waals surface area contributed by atoms with Crippen LogP contribution in [0, 0.1) is 0 Å². The summed E-state index contributed by atoms with van der Waals surface area (Å²) in [5.74, 6) is -0.00835. The van der Waals surface area contributed by atoms with E-state index < -0.39 is 0 Å². The lowest BCUT2D eigenvalue weighted by molar-refractivity contribution is -0.124. The van der Waals surface area contributed by atoms with Gasteiger partial charge in [0.25, 0.3) is 0 Å². The van der Waals surface area contributed by atoms with Crippen molar-refractivity contribution in [2.75, 3.05) is 6.54 Å². The van der Waals surface area contributed by atoms with Crippen LogP contribution in [0.2, 0.25) is 0 Å². The van der Waals surface area contributed by atoms with Crippen molar-refractivity contribution < 1.29 is 9.59 Å². The van der Waals surface area contributed by atoms with E-state index in [1.807, 2.05) is 18.3 Å². The van der Waals surface area contributed by atoms with Crippen molar-refractivity contribution in [3.8, 4) is 0 Å². The third-order valence-corrected chi connectivity index (χ3v) is 3.06. The number of nitrogens with one attached hydrogen (secondary N) is 2. The largest absolute Gasteiger partial charge is 0.361 e. The highest BCUT2D eigenvalue weighted by Gasteiger charge is 2.03. The van der Waals surface area contributed by atoms with Crippen molar-refractivity contribution in [1.29, 1.82) is 0 Å². The second-order valence-electron chi connectivity index (χ2n) is 4.70. The van der Waals surface area contributed by atoms with Gasteiger partial charge in [-0.25, -0.2) is 0 Å². The first-order valence-electron chi connectivity index (χ1n) is 6.47. The number of aromatic nitrogens is 1. The summed E-state index contributed by atoms with van der Waals surface area (Å²) in [7, 11) is 0. The average Bonchev–Trinajstić information content (AvgIpc) is 2.83. The highest BCUT2D eigenvalue weighted by molar-refractivity contribution is 5.83. The number of carbonyl (C=O) groups excluding carboxylic acids is 2. The van der Waals surface area contributed by atoms with E-state index in [1.54, 1.807) is 0 Å². The Morgan fingerprint density at radius 1 is 1.21 bits per heavy atom. The summed E-state index contributed by atoms with van der Waals surface area (Å²) in [5.41, 5.74) is 2.31. The number of H-pyrrole nitrogens is 1. The zero-order valence-electron chi connectivity index (χ0n) is 11.0. The fourth-order valence-electron chi connectivity index (χ4n) is 1.98. The minimum absolute atomic E-state index is 0.0491. The molecule has 19 heavy (non-hydrogen) atoms. The van der Waals surface area contributed by atoms with Crippen LogP contribution in [-0.4, -0.2) is 23.2 Å². The standard InChI is InChI=1S/C15H18N2O2/c1-11(18)2-5-15(19)17-8-6-12-3-4-14-13(10-12)7-9-16-14/h3-4,7,9-10,16H,2,5-6,8H2,1H3,(H,17,19). The van der Waals surface area contributed by atoms with Gasteiger partial charge in [0.05, 0.1) is 0 Å². The Labute approximate surface area is 112 Å². The molecule has 0 spiro atoms. The second kappa shape index (κ2) is 6.18. The van der Waals surface area contributed by atoms with E-state index in [0.717, 1.165) is 11.9 Å². The molecule has 100 valence electrons. The molecule has 1 aromatic carbocycles. The molecule has 0 radical (unpaired) electrons. The molecule has 1 amide bonds. The van der Waals surface area contributed by atoms with Crippen molar-refractivity contribution in [3.63, 3.8) is 0 Å². The van der Waals surface area contributed by atoms with Crippen molar-refractivity contribution in [1.82, 2.24) is 10.3 Å². The molecule has 0 saturated heterocycles. The molecule has 4 heteroatoms. The number of fused-ring (bicyclic) bond motifs is 1. The Kier molecular flexibility index (Phi) is 4.34. The van der Waals surface area contributed by atoms with Crippen LogP contribution in [0.4, 0.5) is 0 Å². The number of amides is 1. The van der Waals surface area contributed by atoms with Gasteiger partial charge in [0, 0.05) is 31.1 Å². The molecule has 2 N–H and O–H groups in total. The third-order valence-electron chi connectivity index (χ3n) is 3.06. The Hall–Kier alpha value is -2.10. The van der Waals surface area contributed by atoms with Gasteiger partial charge in [-0.3, -0.25) is 4.79 Å². The van der Waals surface area contributed by atoms with Crippen LogP contribution >= 0.6 is 0 Å². The fraction of sp³-hybridized carbons (Fsp3) is 0.333. The van der Waals surface area contributed by atoms with E-state index >= 15 is 0 Å². The van der Waals surface area contributed by atoms with Crippen LogP contribution in [0.1, 0.15) is 25.3 Å². The van der Waals surface area contributed by atoms with Gasteiger partial charge in [-0.2, -0.15) is 0 Å². The van der Waals surface area contributed by atoms with Crippen molar-refractivity contribution >= 4 is 22.6 Å². The Bertz CT molecular complexity index is 587. The SMILES string of the molecule is CC(=O)CCC(=O)NCCc1ccc2[nH]ccc2c1. The van der Waals surface area contributed by atoms with Crippen molar-refractivity contribution in [2.45, 2.75) is 26.2 Å². The molecule has 0 bridgehead atoms. The van der Waals surface area contributed by atoms with Gasteiger partial charge in [-0.05, 0) is 42.5 Å². The van der Waals surface area contributed by atoms with Crippen LogP contribution in [0.3, 0.4) is 0 Å². The summed E-state index contributed by atoms with van der Waals surface area (Å²) in [6.07, 6.45) is 3.32. The van der Waals surface area contributed by atoms with Crippen LogP contribution in [0.15, 0.2) is 30.5 Å². The molecule has 2 rings (SSSR count). The number of rotatable bonds is 6. The summed E-state index contributed by atoms with van der Waals surface area (Å²) >= 11 is 0.